The van der Waals surface area contributed by atoms with E-state index in [1.54, 1.807) is 11.3 Å². The third-order valence-corrected chi connectivity index (χ3v) is 7.15. The van der Waals surface area contributed by atoms with Crippen LogP contribution < -0.4 is 10.2 Å². The summed E-state index contributed by atoms with van der Waals surface area (Å²) >= 11 is 3.47. The topological polar surface area (TPSA) is 32.3 Å². The summed E-state index contributed by atoms with van der Waals surface area (Å²) in [5, 5.41) is 4.68. The number of aryl methyl sites for hydroxylation is 1. The lowest BCUT2D eigenvalue weighted by molar-refractivity contribution is 0.0955. The molecule has 0 spiro atoms. The van der Waals surface area contributed by atoms with Crippen LogP contribution in [0.5, 0.6) is 0 Å². The number of benzene rings is 2. The van der Waals surface area contributed by atoms with Gasteiger partial charge in [0.2, 0.25) is 0 Å². The van der Waals surface area contributed by atoms with Crippen LogP contribution in [0.1, 0.15) is 34.6 Å². The Morgan fingerprint density at radius 3 is 2.61 bits per heavy atom. The van der Waals surface area contributed by atoms with Gasteiger partial charge in [-0.3, -0.25) is 4.79 Å². The summed E-state index contributed by atoms with van der Waals surface area (Å²) in [4.78, 5) is 17.0. The molecule has 1 aliphatic rings. The number of thiophene rings is 1. The zero-order chi connectivity index (χ0) is 19.5. The van der Waals surface area contributed by atoms with Crippen molar-refractivity contribution in [2.24, 2.45) is 0 Å². The number of fused-ring (bicyclic) bond motifs is 1. The number of rotatable bonds is 5. The molecule has 0 radical (unpaired) electrons. The van der Waals surface area contributed by atoms with Gasteiger partial charge in [0.15, 0.2) is 0 Å². The fraction of sp³-hybridized carbons (Fsp3) is 0.261. The number of hydrogen-bond acceptors (Lipinski definition) is 4. The molecule has 0 bridgehead atoms. The van der Waals surface area contributed by atoms with Crippen LogP contribution in [-0.4, -0.2) is 17.7 Å². The monoisotopic (exact) mass is 408 g/mol. The highest BCUT2D eigenvalue weighted by molar-refractivity contribution is 8.00. The van der Waals surface area contributed by atoms with E-state index in [0.29, 0.717) is 11.8 Å². The molecule has 2 aromatic carbocycles. The fourth-order valence-electron chi connectivity index (χ4n) is 3.36. The summed E-state index contributed by atoms with van der Waals surface area (Å²) in [6.45, 7) is 5.90. The standard InChI is InChI=1S/C23H24N2OS2/c1-3-17-8-10-18(11-9-17)14-24-23(26)21-12-13-22(28-21)25-15-16(2)27-20-7-5-4-6-19(20)25/h4-13,16H,3,14-15H2,1-2H3,(H,24,26)/t16-/m1/s1. The van der Waals surface area contributed by atoms with Gasteiger partial charge < -0.3 is 10.2 Å². The first-order chi connectivity index (χ1) is 13.6. The normalized spacial score (nSPS) is 15.9. The molecule has 1 amide bonds. The van der Waals surface area contributed by atoms with Crippen molar-refractivity contribution in [3.8, 4) is 0 Å². The molecule has 0 unspecified atom stereocenters. The molecule has 0 fully saturated rings. The molecule has 1 atom stereocenters. The molecule has 3 nitrogen and oxygen atoms in total. The van der Waals surface area contributed by atoms with E-state index < -0.39 is 0 Å². The first kappa shape index (κ1) is 19.1. The van der Waals surface area contributed by atoms with Crippen molar-refractivity contribution in [2.75, 3.05) is 11.4 Å². The van der Waals surface area contributed by atoms with Crippen LogP contribution in [-0.2, 0) is 13.0 Å². The van der Waals surface area contributed by atoms with Crippen molar-refractivity contribution in [1.82, 2.24) is 5.32 Å². The predicted molar refractivity (Wildman–Crippen MR) is 120 cm³/mol. The Morgan fingerprint density at radius 1 is 1.07 bits per heavy atom. The van der Waals surface area contributed by atoms with Crippen molar-refractivity contribution in [1.29, 1.82) is 0 Å². The number of thioether (sulfide) groups is 1. The minimum atomic E-state index is -0.0106. The third kappa shape index (κ3) is 4.10. The summed E-state index contributed by atoms with van der Waals surface area (Å²) in [6.07, 6.45) is 1.03. The lowest BCUT2D eigenvalue weighted by Gasteiger charge is -2.33. The number of para-hydroxylation sites is 1. The lowest BCUT2D eigenvalue weighted by Crippen LogP contribution is -2.28. The Labute approximate surface area is 174 Å². The van der Waals surface area contributed by atoms with Gasteiger partial charge in [0.25, 0.3) is 5.91 Å². The average molecular weight is 409 g/mol. The molecular formula is C23H24N2OS2. The molecular weight excluding hydrogens is 384 g/mol. The van der Waals surface area contributed by atoms with Gasteiger partial charge in [-0.25, -0.2) is 0 Å². The quantitative estimate of drug-likeness (QED) is 0.573. The maximum Gasteiger partial charge on any atom is 0.261 e. The Kier molecular flexibility index (Phi) is 5.74. The number of anilines is 2. The molecule has 144 valence electrons. The molecule has 1 aliphatic heterocycles. The van der Waals surface area contributed by atoms with Crippen LogP contribution >= 0.6 is 23.1 Å². The minimum Gasteiger partial charge on any atom is -0.347 e. The summed E-state index contributed by atoms with van der Waals surface area (Å²) < 4.78 is 0. The van der Waals surface area contributed by atoms with Crippen LogP contribution in [0.15, 0.2) is 65.6 Å². The van der Waals surface area contributed by atoms with Crippen LogP contribution in [0.4, 0.5) is 10.7 Å². The maximum absolute atomic E-state index is 12.6. The van der Waals surface area contributed by atoms with Gasteiger partial charge in [0.1, 0.15) is 0 Å². The molecule has 2 heterocycles. The van der Waals surface area contributed by atoms with E-state index in [-0.39, 0.29) is 5.91 Å². The number of carbonyl (C=O) groups is 1. The Morgan fingerprint density at radius 2 is 1.82 bits per heavy atom. The number of carbonyl (C=O) groups excluding carboxylic acids is 1. The smallest absolute Gasteiger partial charge is 0.261 e. The van der Waals surface area contributed by atoms with E-state index in [1.807, 2.05) is 17.8 Å². The fourth-order valence-corrected chi connectivity index (χ4v) is 5.41. The van der Waals surface area contributed by atoms with E-state index in [2.05, 4.69) is 78.7 Å². The molecule has 28 heavy (non-hydrogen) atoms. The van der Waals surface area contributed by atoms with E-state index in [1.165, 1.54) is 16.1 Å². The van der Waals surface area contributed by atoms with Crippen LogP contribution in [0.2, 0.25) is 0 Å². The second-order valence-corrected chi connectivity index (χ2v) is 9.54. The minimum absolute atomic E-state index is 0.0106. The molecule has 5 heteroatoms. The number of nitrogens with one attached hydrogen (secondary N) is 1. The van der Waals surface area contributed by atoms with Crippen LogP contribution in [0.3, 0.4) is 0 Å². The second-order valence-electron chi connectivity index (χ2n) is 7.00. The Hall–Kier alpha value is -2.24. The van der Waals surface area contributed by atoms with Crippen molar-refractivity contribution in [3.63, 3.8) is 0 Å². The summed E-state index contributed by atoms with van der Waals surface area (Å²) in [6, 6.07) is 20.9. The van der Waals surface area contributed by atoms with Crippen molar-refractivity contribution >= 4 is 39.7 Å². The first-order valence-corrected chi connectivity index (χ1v) is 11.3. The highest BCUT2D eigenvalue weighted by atomic mass is 32.2. The molecule has 0 saturated carbocycles. The summed E-state index contributed by atoms with van der Waals surface area (Å²) in [7, 11) is 0. The molecule has 1 aromatic heterocycles. The average Bonchev–Trinajstić information content (AvgIpc) is 3.22. The van der Waals surface area contributed by atoms with E-state index in [0.717, 1.165) is 28.4 Å². The summed E-state index contributed by atoms with van der Waals surface area (Å²) in [5.41, 5.74) is 3.67. The van der Waals surface area contributed by atoms with Crippen LogP contribution in [0, 0.1) is 0 Å². The van der Waals surface area contributed by atoms with Gasteiger partial charge in [-0.1, -0.05) is 50.2 Å². The third-order valence-electron chi connectivity index (χ3n) is 4.89. The zero-order valence-electron chi connectivity index (χ0n) is 16.1. The van der Waals surface area contributed by atoms with Gasteiger partial charge in [-0.2, -0.15) is 0 Å². The molecule has 0 saturated heterocycles. The molecule has 3 aromatic rings. The predicted octanol–water partition coefficient (Wildman–Crippen LogP) is 5.87. The van der Waals surface area contributed by atoms with Gasteiger partial charge >= 0.3 is 0 Å². The Bertz CT molecular complexity index is 965. The van der Waals surface area contributed by atoms with Crippen molar-refractivity contribution in [3.05, 3.63) is 76.7 Å². The van der Waals surface area contributed by atoms with Gasteiger partial charge in [0, 0.05) is 23.2 Å². The SMILES string of the molecule is CCc1ccc(CNC(=O)c2ccc(N3C[C@@H](C)Sc4ccccc43)s2)cc1. The first-order valence-electron chi connectivity index (χ1n) is 9.63. The van der Waals surface area contributed by atoms with E-state index >= 15 is 0 Å². The largest absolute Gasteiger partial charge is 0.347 e. The number of amides is 1. The van der Waals surface area contributed by atoms with Gasteiger partial charge in [-0.05, 0) is 41.8 Å². The van der Waals surface area contributed by atoms with Crippen molar-refractivity contribution < 1.29 is 4.79 Å². The summed E-state index contributed by atoms with van der Waals surface area (Å²) in [5.74, 6) is -0.0106. The number of hydrogen-bond donors (Lipinski definition) is 1. The highest BCUT2D eigenvalue weighted by Gasteiger charge is 2.24. The van der Waals surface area contributed by atoms with E-state index in [4.69, 9.17) is 0 Å². The highest BCUT2D eigenvalue weighted by Crippen LogP contribution is 2.43. The molecule has 1 N–H and O–H groups in total. The second kappa shape index (κ2) is 8.41. The van der Waals surface area contributed by atoms with Gasteiger partial charge in [-0.15, -0.1) is 23.1 Å². The van der Waals surface area contributed by atoms with Gasteiger partial charge in [0.05, 0.1) is 15.6 Å². The van der Waals surface area contributed by atoms with E-state index in [9.17, 15) is 4.79 Å². The lowest BCUT2D eigenvalue weighted by atomic mass is 10.1. The molecule has 0 aliphatic carbocycles. The zero-order valence-corrected chi connectivity index (χ0v) is 17.8. The number of nitrogens with zero attached hydrogens (tertiary/aromatic N) is 1. The Balaban J connectivity index is 1.46. The maximum atomic E-state index is 12.6. The van der Waals surface area contributed by atoms with Crippen molar-refractivity contribution in [2.45, 2.75) is 37.0 Å². The van der Waals surface area contributed by atoms with Crippen LogP contribution in [0.25, 0.3) is 0 Å². The molecule has 4 rings (SSSR count).